The molecule has 3 rings (SSSR count). The van der Waals surface area contributed by atoms with Gasteiger partial charge in [0.05, 0.1) is 17.8 Å². The molecule has 3 aromatic rings. The maximum Gasteiger partial charge on any atom is 0.323 e. The van der Waals surface area contributed by atoms with Crippen LogP contribution in [-0.4, -0.2) is 16.6 Å². The number of ether oxygens (including phenoxy) is 1. The molecule has 0 spiro atoms. The number of hydrogen-bond acceptors (Lipinski definition) is 6. The number of aromatic nitrogens is 1. The lowest BCUT2D eigenvalue weighted by molar-refractivity contribution is -0.193. The summed E-state index contributed by atoms with van der Waals surface area (Å²) in [4.78, 5) is 3.66. The Morgan fingerprint density at radius 3 is 2.36 bits per heavy atom. The summed E-state index contributed by atoms with van der Waals surface area (Å²) < 4.78 is 74.5. The monoisotopic (exact) mass is 571 g/mol. The minimum absolute atomic E-state index is 0.0920. The number of hydrogen-bond donors (Lipinski definition) is 2. The number of benzene rings is 2. The van der Waals surface area contributed by atoms with Crippen molar-refractivity contribution in [1.82, 2.24) is 4.98 Å². The zero-order valence-electron chi connectivity index (χ0n) is 16.5. The van der Waals surface area contributed by atoms with Crippen molar-refractivity contribution in [3.8, 4) is 17.6 Å². The van der Waals surface area contributed by atoms with E-state index in [1.165, 1.54) is 30.3 Å². The smallest absolute Gasteiger partial charge is 0.323 e. The highest BCUT2D eigenvalue weighted by molar-refractivity contribution is 14.1. The fourth-order valence-electron chi connectivity index (χ4n) is 2.91. The number of aliphatic hydroxyl groups is 1. The van der Waals surface area contributed by atoms with Crippen LogP contribution in [0.4, 0.5) is 17.6 Å². The van der Waals surface area contributed by atoms with Gasteiger partial charge in [0.25, 0.3) is 0 Å². The van der Waals surface area contributed by atoms with Crippen LogP contribution >= 0.6 is 21.3 Å². The van der Waals surface area contributed by atoms with Gasteiger partial charge in [-0.05, 0) is 48.5 Å². The van der Waals surface area contributed by atoms with Gasteiger partial charge in [0.1, 0.15) is 35.4 Å². The highest BCUT2D eigenvalue weighted by Crippen LogP contribution is 2.46. The molecule has 0 saturated heterocycles. The number of halogens is 5. The molecule has 0 aliphatic rings. The Labute approximate surface area is 195 Å². The Morgan fingerprint density at radius 2 is 1.79 bits per heavy atom. The number of rotatable bonds is 8. The molecule has 1 atom stereocenters. The number of pyridine rings is 1. The molecule has 0 saturated carbocycles. The summed E-state index contributed by atoms with van der Waals surface area (Å²) in [5.41, 5.74) is -4.66. The van der Waals surface area contributed by atoms with E-state index in [-0.39, 0.29) is 5.75 Å². The van der Waals surface area contributed by atoms with E-state index in [9.17, 15) is 13.9 Å². The summed E-state index contributed by atoms with van der Waals surface area (Å²) in [6.07, 6.45) is 0.986. The van der Waals surface area contributed by atoms with Crippen LogP contribution in [0, 0.1) is 26.5 Å². The van der Waals surface area contributed by atoms with Gasteiger partial charge >= 0.3 is 5.92 Å². The average molecular weight is 571 g/mol. The second-order valence-electron chi connectivity index (χ2n) is 6.64. The van der Waals surface area contributed by atoms with Gasteiger partial charge in [0.2, 0.25) is 0 Å². The molecule has 1 aromatic heterocycles. The van der Waals surface area contributed by atoms with Gasteiger partial charge in [-0.15, -0.1) is 3.33 Å². The Bertz CT molecular complexity index is 1220. The molecule has 1 heterocycles. The topological polar surface area (TPSA) is 115 Å². The standard InChI is InChI=1S/C21H14F4IN5O2/c22-14-3-7-17(18(23)9-14)20(32,12-30-31-26-28)21(24,25)19-8-6-16(11-29-19)33-15-4-1-13(10-27)2-5-15/h1-9,11,28,32H,12H2. The quantitative estimate of drug-likeness (QED) is 0.193. The molecule has 2 aromatic carbocycles. The lowest BCUT2D eigenvalue weighted by Crippen LogP contribution is -2.47. The Hall–Kier alpha value is -3.31. The molecular formula is C21H14F4IN5O2. The SMILES string of the molecule is N#Cc1ccc(Oc2ccc(C(F)(F)C(O)(CN=NI=N)c3ccc(F)cc3F)nc2)cc1. The predicted molar refractivity (Wildman–Crippen MR) is 116 cm³/mol. The minimum Gasteiger partial charge on any atom is -0.456 e. The van der Waals surface area contributed by atoms with Crippen LogP contribution in [0.2, 0.25) is 0 Å². The Balaban J connectivity index is 1.95. The summed E-state index contributed by atoms with van der Waals surface area (Å²) in [5, 5.41) is 23.1. The summed E-state index contributed by atoms with van der Waals surface area (Å²) >= 11 is -1.51. The van der Waals surface area contributed by atoms with Crippen LogP contribution in [0.3, 0.4) is 0 Å². The van der Waals surface area contributed by atoms with E-state index in [0.29, 0.717) is 23.4 Å². The molecule has 7 nitrogen and oxygen atoms in total. The first-order chi connectivity index (χ1) is 15.7. The molecule has 0 amide bonds. The molecule has 1 unspecified atom stereocenters. The molecule has 0 bridgehead atoms. The minimum atomic E-state index is -4.18. The van der Waals surface area contributed by atoms with Gasteiger partial charge in [-0.25, -0.2) is 8.78 Å². The molecule has 0 radical (unpaired) electrons. The van der Waals surface area contributed by atoms with Gasteiger partial charge in [-0.3, -0.25) is 8.55 Å². The highest BCUT2D eigenvalue weighted by atomic mass is 127. The van der Waals surface area contributed by atoms with Gasteiger partial charge in [0.15, 0.2) is 26.9 Å². The second kappa shape index (κ2) is 10.1. The summed E-state index contributed by atoms with van der Waals surface area (Å²) in [6, 6.07) is 11.9. The first-order valence-corrected chi connectivity index (χ1v) is 11.1. The number of nitriles is 1. The van der Waals surface area contributed by atoms with Crippen LogP contribution < -0.4 is 4.74 Å². The summed E-state index contributed by atoms with van der Waals surface area (Å²) in [7, 11) is 0. The first-order valence-electron chi connectivity index (χ1n) is 9.08. The number of nitrogens with one attached hydrogen (secondary N) is 1. The third-order valence-corrected chi connectivity index (χ3v) is 5.08. The second-order valence-corrected chi connectivity index (χ2v) is 7.55. The molecule has 0 fully saturated rings. The van der Waals surface area contributed by atoms with E-state index < -0.39 is 62.3 Å². The van der Waals surface area contributed by atoms with Crippen molar-refractivity contribution in [2.24, 2.45) is 8.44 Å². The van der Waals surface area contributed by atoms with E-state index in [2.05, 4.69) is 13.4 Å². The lowest BCUT2D eigenvalue weighted by Gasteiger charge is -2.34. The highest BCUT2D eigenvalue weighted by Gasteiger charge is 2.57. The Morgan fingerprint density at radius 1 is 1.09 bits per heavy atom. The van der Waals surface area contributed by atoms with E-state index in [0.717, 1.165) is 18.3 Å². The Kier molecular flexibility index (Phi) is 7.44. The maximum absolute atomic E-state index is 15.5. The van der Waals surface area contributed by atoms with Crippen LogP contribution in [0.15, 0.2) is 69.2 Å². The normalized spacial score (nSPS) is 13.5. The van der Waals surface area contributed by atoms with Crippen LogP contribution in [-0.2, 0) is 11.5 Å². The molecular weight excluding hydrogens is 557 g/mol. The van der Waals surface area contributed by atoms with Gasteiger partial charge in [0, 0.05) is 11.6 Å². The van der Waals surface area contributed by atoms with E-state index >= 15 is 8.78 Å². The number of alkyl halides is 2. The van der Waals surface area contributed by atoms with Crippen molar-refractivity contribution < 1.29 is 27.4 Å². The lowest BCUT2D eigenvalue weighted by atomic mass is 9.84. The zero-order valence-corrected chi connectivity index (χ0v) is 18.7. The van der Waals surface area contributed by atoms with Crippen molar-refractivity contribution in [1.29, 1.82) is 8.82 Å². The summed E-state index contributed by atoms with van der Waals surface area (Å²) in [5.74, 6) is -6.16. The predicted octanol–water partition coefficient (Wildman–Crippen LogP) is 6.10. The molecule has 170 valence electrons. The largest absolute Gasteiger partial charge is 0.456 e. The van der Waals surface area contributed by atoms with Gasteiger partial charge in [-0.1, -0.05) is 0 Å². The van der Waals surface area contributed by atoms with E-state index in [4.69, 9.17) is 13.6 Å². The maximum atomic E-state index is 15.5. The van der Waals surface area contributed by atoms with Crippen LogP contribution in [0.1, 0.15) is 16.8 Å². The molecule has 33 heavy (non-hydrogen) atoms. The van der Waals surface area contributed by atoms with Crippen molar-refractivity contribution in [3.05, 3.63) is 89.2 Å². The van der Waals surface area contributed by atoms with Gasteiger partial charge in [-0.2, -0.15) is 19.2 Å². The fraction of sp³-hybridized carbons (Fsp3) is 0.143. The third kappa shape index (κ3) is 5.20. The number of nitrogens with zero attached hydrogens (tertiary/aromatic N) is 4. The molecule has 0 aliphatic carbocycles. The van der Waals surface area contributed by atoms with Crippen molar-refractivity contribution in [2.75, 3.05) is 6.54 Å². The van der Waals surface area contributed by atoms with Crippen molar-refractivity contribution in [3.63, 3.8) is 0 Å². The van der Waals surface area contributed by atoms with Crippen LogP contribution in [0.5, 0.6) is 11.5 Å². The first kappa shape index (κ1) is 24.3. The van der Waals surface area contributed by atoms with E-state index in [1.54, 1.807) is 0 Å². The zero-order chi connectivity index (χ0) is 24.1. The molecule has 12 heteroatoms. The fourth-order valence-corrected chi connectivity index (χ4v) is 3.21. The van der Waals surface area contributed by atoms with Crippen molar-refractivity contribution in [2.45, 2.75) is 11.5 Å². The average Bonchev–Trinajstić information content (AvgIpc) is 2.80. The molecule has 0 aliphatic heterocycles. The van der Waals surface area contributed by atoms with Gasteiger partial charge < -0.3 is 9.84 Å². The third-order valence-electron chi connectivity index (χ3n) is 4.56. The van der Waals surface area contributed by atoms with Crippen molar-refractivity contribution >= 4 is 21.3 Å². The molecule has 2 N–H and O–H groups in total. The summed E-state index contributed by atoms with van der Waals surface area (Å²) in [6.45, 7) is -1.08. The van der Waals surface area contributed by atoms with Crippen LogP contribution in [0.25, 0.3) is 0 Å². The van der Waals surface area contributed by atoms with E-state index in [1.807, 2.05) is 6.07 Å².